The van der Waals surface area contributed by atoms with E-state index >= 15 is 0 Å². The van der Waals surface area contributed by atoms with Crippen LogP contribution in [-0.4, -0.2) is 20.1 Å². The number of rotatable bonds is 6. The van der Waals surface area contributed by atoms with Crippen LogP contribution >= 0.6 is 11.3 Å². The Hall–Kier alpha value is -1.86. The first-order chi connectivity index (χ1) is 10.4. The molecule has 0 bridgehead atoms. The van der Waals surface area contributed by atoms with Crippen LogP contribution in [0, 0.1) is 6.92 Å². The van der Waals surface area contributed by atoms with Gasteiger partial charge in [0.1, 0.15) is 0 Å². The van der Waals surface area contributed by atoms with Gasteiger partial charge in [-0.1, -0.05) is 19.1 Å². The van der Waals surface area contributed by atoms with Crippen molar-refractivity contribution in [3.63, 3.8) is 0 Å². The lowest BCUT2D eigenvalue weighted by Crippen LogP contribution is -2.17. The first kappa shape index (κ1) is 16.5. The second kappa shape index (κ2) is 6.93. The van der Waals surface area contributed by atoms with E-state index in [2.05, 4.69) is 10.0 Å². The van der Waals surface area contributed by atoms with Crippen molar-refractivity contribution in [1.82, 2.24) is 0 Å². The van der Waals surface area contributed by atoms with Crippen LogP contribution in [0.3, 0.4) is 0 Å². The maximum absolute atomic E-state index is 12.1. The summed E-state index contributed by atoms with van der Waals surface area (Å²) >= 11 is 1.35. The van der Waals surface area contributed by atoms with Crippen molar-refractivity contribution < 1.29 is 13.2 Å². The van der Waals surface area contributed by atoms with Crippen LogP contribution < -0.4 is 10.0 Å². The molecule has 1 heterocycles. The lowest BCUT2D eigenvalue weighted by Gasteiger charge is -2.14. The predicted octanol–water partition coefficient (Wildman–Crippen LogP) is 3.46. The predicted molar refractivity (Wildman–Crippen MR) is 91.2 cm³/mol. The van der Waals surface area contributed by atoms with Crippen molar-refractivity contribution in [3.05, 3.63) is 46.2 Å². The van der Waals surface area contributed by atoms with E-state index in [0.29, 0.717) is 28.2 Å². The molecule has 0 radical (unpaired) electrons. The van der Waals surface area contributed by atoms with Crippen molar-refractivity contribution >= 4 is 38.6 Å². The Balaban J connectivity index is 2.21. The van der Waals surface area contributed by atoms with E-state index in [1.54, 1.807) is 31.2 Å². The molecule has 1 aromatic carbocycles. The maximum Gasteiger partial charge on any atom is 0.265 e. The highest BCUT2D eigenvalue weighted by Crippen LogP contribution is 2.25. The number of nitrogens with one attached hydrogen (secondary N) is 2. The summed E-state index contributed by atoms with van der Waals surface area (Å²) in [5, 5.41) is 4.64. The van der Waals surface area contributed by atoms with E-state index < -0.39 is 10.0 Å². The maximum atomic E-state index is 12.1. The molecular weight excluding hydrogens is 320 g/mol. The van der Waals surface area contributed by atoms with E-state index in [1.165, 1.54) is 11.3 Å². The van der Waals surface area contributed by atoms with Crippen molar-refractivity contribution in [1.29, 1.82) is 0 Å². The van der Waals surface area contributed by atoms with Crippen molar-refractivity contribution in [2.75, 3.05) is 15.8 Å². The summed E-state index contributed by atoms with van der Waals surface area (Å²) in [4.78, 5) is 12.7. The minimum atomic E-state index is -3.36. The zero-order chi connectivity index (χ0) is 16.2. The van der Waals surface area contributed by atoms with Gasteiger partial charge in [0, 0.05) is 5.69 Å². The molecule has 2 N–H and O–H groups in total. The summed E-state index contributed by atoms with van der Waals surface area (Å²) in [6.07, 6.45) is 0.545. The first-order valence-corrected chi connectivity index (χ1v) is 9.41. The zero-order valence-corrected chi connectivity index (χ0v) is 14.1. The SMILES string of the molecule is CCCS(=O)(=O)Nc1cccc(NC(=O)c2cccs2)c1C. The lowest BCUT2D eigenvalue weighted by molar-refractivity contribution is 0.103. The van der Waals surface area contributed by atoms with Gasteiger partial charge in [-0.3, -0.25) is 9.52 Å². The number of hydrogen-bond acceptors (Lipinski definition) is 4. The molecule has 0 saturated carbocycles. The van der Waals surface area contributed by atoms with Crippen molar-refractivity contribution in [3.8, 4) is 0 Å². The average Bonchev–Trinajstić information content (AvgIpc) is 2.97. The fourth-order valence-corrected chi connectivity index (χ4v) is 3.78. The fraction of sp³-hybridized carbons (Fsp3) is 0.267. The van der Waals surface area contributed by atoms with Crippen LogP contribution in [0.2, 0.25) is 0 Å². The van der Waals surface area contributed by atoms with Crippen molar-refractivity contribution in [2.45, 2.75) is 20.3 Å². The molecule has 5 nitrogen and oxygen atoms in total. The first-order valence-electron chi connectivity index (χ1n) is 6.88. The Morgan fingerprint density at radius 2 is 1.91 bits per heavy atom. The molecule has 0 saturated heterocycles. The van der Waals surface area contributed by atoms with Gasteiger partial charge in [-0.05, 0) is 42.5 Å². The largest absolute Gasteiger partial charge is 0.321 e. The van der Waals surface area contributed by atoms with E-state index in [-0.39, 0.29) is 11.7 Å². The van der Waals surface area contributed by atoms with E-state index in [0.717, 1.165) is 0 Å². The minimum Gasteiger partial charge on any atom is -0.321 e. The third-order valence-corrected chi connectivity index (χ3v) is 5.41. The third-order valence-electron chi connectivity index (χ3n) is 3.07. The molecule has 0 aliphatic heterocycles. The van der Waals surface area contributed by atoms with E-state index in [4.69, 9.17) is 0 Å². The molecule has 2 aromatic rings. The Kier molecular flexibility index (Phi) is 5.20. The minimum absolute atomic E-state index is 0.0677. The van der Waals surface area contributed by atoms with Crippen LogP contribution in [0.25, 0.3) is 0 Å². The zero-order valence-electron chi connectivity index (χ0n) is 12.4. The van der Waals surface area contributed by atoms with Gasteiger partial charge in [-0.25, -0.2) is 8.42 Å². The van der Waals surface area contributed by atoms with Crippen LogP contribution in [0.15, 0.2) is 35.7 Å². The Labute approximate surface area is 134 Å². The molecule has 0 atom stereocenters. The highest BCUT2D eigenvalue weighted by molar-refractivity contribution is 7.92. The molecule has 0 aliphatic rings. The molecule has 7 heteroatoms. The van der Waals surface area contributed by atoms with Gasteiger partial charge in [0.2, 0.25) is 10.0 Å². The molecular formula is C15H18N2O3S2. The smallest absolute Gasteiger partial charge is 0.265 e. The Bertz CT molecular complexity index is 753. The van der Waals surface area contributed by atoms with Crippen LogP contribution in [0.5, 0.6) is 0 Å². The molecule has 0 spiro atoms. The molecule has 0 unspecified atom stereocenters. The summed E-state index contributed by atoms with van der Waals surface area (Å²) in [5.41, 5.74) is 1.76. The number of carbonyl (C=O) groups excluding carboxylic acids is 1. The number of benzene rings is 1. The molecule has 2 rings (SSSR count). The van der Waals surface area contributed by atoms with Gasteiger partial charge in [-0.2, -0.15) is 0 Å². The summed E-state index contributed by atoms with van der Waals surface area (Å²) in [7, 11) is -3.36. The molecule has 1 amide bonds. The molecule has 0 aliphatic carbocycles. The van der Waals surface area contributed by atoms with Gasteiger partial charge >= 0.3 is 0 Å². The Morgan fingerprint density at radius 3 is 2.55 bits per heavy atom. The summed E-state index contributed by atoms with van der Waals surface area (Å²) < 4.78 is 26.3. The highest BCUT2D eigenvalue weighted by Gasteiger charge is 2.14. The summed E-state index contributed by atoms with van der Waals surface area (Å²) in [5.74, 6) is -0.134. The highest BCUT2D eigenvalue weighted by atomic mass is 32.2. The molecule has 22 heavy (non-hydrogen) atoms. The molecule has 118 valence electrons. The standard InChI is InChI=1S/C15H18N2O3S2/c1-3-10-22(19,20)17-13-7-4-6-12(11(13)2)16-15(18)14-8-5-9-21-14/h4-9,17H,3,10H2,1-2H3,(H,16,18). The second-order valence-electron chi connectivity index (χ2n) is 4.83. The van der Waals surface area contributed by atoms with Crippen molar-refractivity contribution in [2.24, 2.45) is 0 Å². The van der Waals surface area contributed by atoms with E-state index in [1.807, 2.05) is 18.4 Å². The summed E-state index contributed by atoms with van der Waals surface area (Å²) in [6.45, 7) is 3.58. The third kappa shape index (κ3) is 4.08. The topological polar surface area (TPSA) is 75.3 Å². The second-order valence-corrected chi connectivity index (χ2v) is 7.62. The number of carbonyl (C=O) groups is 1. The fourth-order valence-electron chi connectivity index (χ4n) is 1.96. The van der Waals surface area contributed by atoms with Gasteiger partial charge in [-0.15, -0.1) is 11.3 Å². The Morgan fingerprint density at radius 1 is 1.18 bits per heavy atom. The van der Waals surface area contributed by atoms with E-state index in [9.17, 15) is 13.2 Å². The molecule has 0 fully saturated rings. The number of hydrogen-bond donors (Lipinski definition) is 2. The lowest BCUT2D eigenvalue weighted by atomic mass is 10.1. The van der Waals surface area contributed by atoms with Crippen LogP contribution in [-0.2, 0) is 10.0 Å². The summed E-state index contributed by atoms with van der Waals surface area (Å²) in [6, 6.07) is 8.69. The van der Waals surface area contributed by atoms with Gasteiger partial charge in [0.15, 0.2) is 0 Å². The quantitative estimate of drug-likeness (QED) is 0.847. The monoisotopic (exact) mass is 338 g/mol. The van der Waals surface area contributed by atoms with Gasteiger partial charge < -0.3 is 5.32 Å². The van der Waals surface area contributed by atoms with Crippen LogP contribution in [0.1, 0.15) is 28.6 Å². The number of amides is 1. The molecule has 1 aromatic heterocycles. The number of anilines is 2. The van der Waals surface area contributed by atoms with Crippen LogP contribution in [0.4, 0.5) is 11.4 Å². The number of sulfonamides is 1. The van der Waals surface area contributed by atoms with Gasteiger partial charge in [0.05, 0.1) is 16.3 Å². The van der Waals surface area contributed by atoms with Gasteiger partial charge in [0.25, 0.3) is 5.91 Å². The normalized spacial score (nSPS) is 11.2. The average molecular weight is 338 g/mol. The number of thiophene rings is 1.